The number of benzene rings is 2. The summed E-state index contributed by atoms with van der Waals surface area (Å²) in [6, 6.07) is 10.4. The Hall–Kier alpha value is -2.05. The van der Waals surface area contributed by atoms with Crippen molar-refractivity contribution in [1.82, 2.24) is 4.90 Å². The van der Waals surface area contributed by atoms with Crippen LogP contribution in [0.4, 0.5) is 4.39 Å². The molecule has 2 aromatic rings. The molecule has 1 amide bonds. The lowest BCUT2D eigenvalue weighted by atomic mass is 9.89. The molecule has 2 aromatic carbocycles. The van der Waals surface area contributed by atoms with Gasteiger partial charge in [0.1, 0.15) is 5.82 Å². The summed E-state index contributed by atoms with van der Waals surface area (Å²) in [5, 5.41) is 0. The molecule has 6 heteroatoms. The molecule has 1 atom stereocenters. The second-order valence-electron chi connectivity index (χ2n) is 8.34. The number of nitrogens with zero attached hydrogens (tertiary/aromatic N) is 2. The van der Waals surface area contributed by atoms with Crippen LogP contribution >= 0.6 is 0 Å². The van der Waals surface area contributed by atoms with Gasteiger partial charge in [-0.25, -0.2) is 8.60 Å². The number of rotatable bonds is 7. The van der Waals surface area contributed by atoms with Gasteiger partial charge < -0.3 is 4.90 Å². The minimum Gasteiger partial charge on any atom is -0.305 e. The molecular weight excluding hydrogens is 387 g/mol. The number of hydrogen-bond acceptors (Lipinski definition) is 3. The molecule has 1 fully saturated rings. The van der Waals surface area contributed by atoms with Gasteiger partial charge in [-0.3, -0.25) is 4.79 Å². The third-order valence-corrected chi connectivity index (χ3v) is 6.25. The van der Waals surface area contributed by atoms with Crippen LogP contribution < -0.4 is 0 Å². The van der Waals surface area contributed by atoms with Crippen molar-refractivity contribution in [2.45, 2.75) is 56.4 Å². The summed E-state index contributed by atoms with van der Waals surface area (Å²) in [5.41, 5.74) is 3.73. The van der Waals surface area contributed by atoms with Crippen molar-refractivity contribution >= 4 is 16.5 Å². The van der Waals surface area contributed by atoms with E-state index in [0.717, 1.165) is 41.6 Å². The van der Waals surface area contributed by atoms with Gasteiger partial charge in [0.2, 0.25) is 0 Å². The molecule has 0 N–H and O–H groups in total. The van der Waals surface area contributed by atoms with Crippen LogP contribution in [0.1, 0.15) is 60.8 Å². The molecular formula is C23H29FN2O2S. The molecule has 0 aliphatic heterocycles. The highest BCUT2D eigenvalue weighted by atomic mass is 32.2. The average molecular weight is 417 g/mol. The van der Waals surface area contributed by atoms with Crippen LogP contribution in [-0.4, -0.2) is 29.1 Å². The molecule has 0 saturated heterocycles. The van der Waals surface area contributed by atoms with E-state index >= 15 is 0 Å². The molecule has 1 aliphatic carbocycles. The van der Waals surface area contributed by atoms with Gasteiger partial charge in [0.05, 0.1) is 17.0 Å². The second-order valence-corrected chi connectivity index (χ2v) is 9.60. The molecule has 0 spiro atoms. The zero-order valence-electron chi connectivity index (χ0n) is 17.5. The lowest BCUT2D eigenvalue weighted by Crippen LogP contribution is -2.10. The molecule has 0 radical (unpaired) electrons. The highest BCUT2D eigenvalue weighted by Gasteiger charge is 2.29. The van der Waals surface area contributed by atoms with E-state index in [9.17, 15) is 13.4 Å². The predicted octanol–water partition coefficient (Wildman–Crippen LogP) is 4.68. The highest BCUT2D eigenvalue weighted by Crippen LogP contribution is 2.43. The summed E-state index contributed by atoms with van der Waals surface area (Å²) in [7, 11) is 1.82. The molecule has 0 bridgehead atoms. The van der Waals surface area contributed by atoms with E-state index in [4.69, 9.17) is 0 Å². The van der Waals surface area contributed by atoms with Crippen molar-refractivity contribution in [3.63, 3.8) is 0 Å². The molecule has 1 unspecified atom stereocenters. The fraction of sp³-hybridized carbons (Fsp3) is 0.435. The largest absolute Gasteiger partial charge is 0.305 e. The third kappa shape index (κ3) is 5.73. The van der Waals surface area contributed by atoms with Gasteiger partial charge in [-0.05, 0) is 85.3 Å². The van der Waals surface area contributed by atoms with E-state index in [1.165, 1.54) is 6.07 Å². The monoisotopic (exact) mass is 416 g/mol. The Balaban J connectivity index is 1.82. The lowest BCUT2D eigenvalue weighted by molar-refractivity contribution is -0.117. The number of amides is 1. The van der Waals surface area contributed by atoms with Crippen LogP contribution in [0, 0.1) is 5.82 Å². The molecule has 0 heterocycles. The third-order valence-electron chi connectivity index (χ3n) is 5.11. The fourth-order valence-electron chi connectivity index (χ4n) is 3.60. The number of halogens is 1. The maximum absolute atomic E-state index is 14.1. The van der Waals surface area contributed by atoms with E-state index in [2.05, 4.69) is 9.26 Å². The van der Waals surface area contributed by atoms with Gasteiger partial charge >= 0.3 is 0 Å². The molecule has 0 aromatic heterocycles. The van der Waals surface area contributed by atoms with E-state index in [-0.39, 0.29) is 18.2 Å². The van der Waals surface area contributed by atoms with E-state index in [1.54, 1.807) is 18.2 Å². The quantitative estimate of drug-likeness (QED) is 0.667. The van der Waals surface area contributed by atoms with Crippen LogP contribution in [0.3, 0.4) is 0 Å². The summed E-state index contributed by atoms with van der Waals surface area (Å²) in [5.74, 6) is -0.250. The first-order valence-corrected chi connectivity index (χ1v) is 11.2. The van der Waals surface area contributed by atoms with Crippen LogP contribution in [0.2, 0.25) is 0 Å². The summed E-state index contributed by atoms with van der Waals surface area (Å²) < 4.78 is 30.6. The summed E-state index contributed by atoms with van der Waals surface area (Å²) in [6.45, 7) is 4.78. The lowest BCUT2D eigenvalue weighted by Gasteiger charge is -2.16. The van der Waals surface area contributed by atoms with Gasteiger partial charge in [0.25, 0.3) is 5.91 Å². The fourth-order valence-corrected chi connectivity index (χ4v) is 4.39. The summed E-state index contributed by atoms with van der Waals surface area (Å²) in [6.07, 6.45) is 2.11. The zero-order chi connectivity index (χ0) is 21.1. The maximum Gasteiger partial charge on any atom is 0.258 e. The average Bonchev–Trinajstić information content (AvgIpc) is 3.47. The summed E-state index contributed by atoms with van der Waals surface area (Å²) >= 11 is 0. The Morgan fingerprint density at radius 3 is 2.41 bits per heavy atom. The molecule has 3 rings (SSSR count). The Morgan fingerprint density at radius 1 is 1.21 bits per heavy atom. The van der Waals surface area contributed by atoms with Crippen molar-refractivity contribution in [2.75, 3.05) is 14.1 Å². The molecule has 1 saturated carbocycles. The first-order valence-electron chi connectivity index (χ1n) is 10.0. The first-order chi connectivity index (χ1) is 13.7. The Bertz CT molecular complexity index is 950. The Morgan fingerprint density at radius 2 is 1.86 bits per heavy atom. The number of hydrogen-bond donors (Lipinski definition) is 1. The van der Waals surface area contributed by atoms with Gasteiger partial charge in [-0.1, -0.05) is 26.0 Å². The minimum atomic E-state index is -2.15. The van der Waals surface area contributed by atoms with Crippen molar-refractivity contribution in [3.8, 4) is 0 Å². The first kappa shape index (κ1) is 21.7. The number of carbonyl (C=O) groups excluding carboxylic acids is 1. The number of thiol groups is 1. The second kappa shape index (κ2) is 9.18. The van der Waals surface area contributed by atoms with Crippen molar-refractivity contribution in [1.29, 1.82) is 0 Å². The SMILES string of the molecule is CC(C)c1cc(F)cc(C2CC2)c1CC(=O)/N=[SH](=O)/c1ccc(CN(C)C)cc1. The van der Waals surface area contributed by atoms with Crippen LogP contribution in [0.25, 0.3) is 0 Å². The standard InChI is InChI=1S/C23H29FN2O2S/c1-15(2)20-11-18(24)12-21(17-7-8-17)22(20)13-23(27)25-29(28)19-9-5-16(6-10-19)14-26(3)4/h5-6,9-12,15,17,29H,7-8,13-14H2,1-4H3. The van der Waals surface area contributed by atoms with Gasteiger partial charge in [-0.15, -0.1) is 0 Å². The maximum atomic E-state index is 14.1. The van der Waals surface area contributed by atoms with Crippen LogP contribution in [0.5, 0.6) is 0 Å². The molecule has 1 aliphatic rings. The van der Waals surface area contributed by atoms with Crippen molar-refractivity contribution in [2.24, 2.45) is 4.36 Å². The van der Waals surface area contributed by atoms with Crippen LogP contribution in [0.15, 0.2) is 45.7 Å². The normalized spacial score (nSPS) is 15.3. The van der Waals surface area contributed by atoms with E-state index < -0.39 is 16.5 Å². The number of carbonyl (C=O) groups is 1. The van der Waals surface area contributed by atoms with E-state index in [1.807, 2.05) is 40.1 Å². The zero-order valence-corrected chi connectivity index (χ0v) is 18.4. The van der Waals surface area contributed by atoms with E-state index in [0.29, 0.717) is 10.8 Å². The molecule has 29 heavy (non-hydrogen) atoms. The van der Waals surface area contributed by atoms with Crippen LogP contribution in [-0.2, 0) is 28.4 Å². The Labute approximate surface area is 174 Å². The van der Waals surface area contributed by atoms with Gasteiger partial charge in [-0.2, -0.15) is 4.36 Å². The molecule has 4 nitrogen and oxygen atoms in total. The Kier molecular flexibility index (Phi) is 6.85. The topological polar surface area (TPSA) is 49.7 Å². The minimum absolute atomic E-state index is 0.0689. The predicted molar refractivity (Wildman–Crippen MR) is 115 cm³/mol. The van der Waals surface area contributed by atoms with Gasteiger partial charge in [0, 0.05) is 11.4 Å². The van der Waals surface area contributed by atoms with Crippen molar-refractivity contribution < 1.29 is 13.4 Å². The molecule has 156 valence electrons. The smallest absolute Gasteiger partial charge is 0.258 e. The van der Waals surface area contributed by atoms with Gasteiger partial charge in [0.15, 0.2) is 0 Å². The van der Waals surface area contributed by atoms with Crippen molar-refractivity contribution in [3.05, 3.63) is 64.5 Å². The highest BCUT2D eigenvalue weighted by molar-refractivity contribution is 7.75. The summed E-state index contributed by atoms with van der Waals surface area (Å²) in [4.78, 5) is 15.2.